The van der Waals surface area contributed by atoms with E-state index >= 15 is 0 Å². The predicted octanol–water partition coefficient (Wildman–Crippen LogP) is 3.17. The van der Waals surface area contributed by atoms with Crippen molar-refractivity contribution in [3.63, 3.8) is 0 Å². The van der Waals surface area contributed by atoms with E-state index in [9.17, 15) is 8.42 Å². The summed E-state index contributed by atoms with van der Waals surface area (Å²) in [6, 6.07) is 0. The highest BCUT2D eigenvalue weighted by atomic mass is 32.2. The minimum absolute atomic E-state index is 0.229. The summed E-state index contributed by atoms with van der Waals surface area (Å²) in [4.78, 5) is 0. The maximum absolute atomic E-state index is 11.5. The van der Waals surface area contributed by atoms with Crippen molar-refractivity contribution in [2.45, 2.75) is 77.0 Å². The largest absolute Gasteiger partial charge is 0.313 e. The van der Waals surface area contributed by atoms with Gasteiger partial charge in [0.1, 0.15) is 5.37 Å². The summed E-state index contributed by atoms with van der Waals surface area (Å²) in [6.45, 7) is 4.30. The molecule has 0 radical (unpaired) electrons. The Kier molecular flexibility index (Phi) is 10.7. The molecular formula is C13H29NO3S. The number of nitrogens with two attached hydrogens (primary N) is 1. The lowest BCUT2D eigenvalue weighted by Crippen LogP contribution is -2.32. The second-order valence-corrected chi connectivity index (χ2v) is 6.59. The molecule has 0 aliphatic carbocycles. The summed E-state index contributed by atoms with van der Waals surface area (Å²) in [5, 5.41) is -0.861. The Labute approximate surface area is 112 Å². The lowest BCUT2D eigenvalue weighted by molar-refractivity contribution is 0.309. The van der Waals surface area contributed by atoms with Gasteiger partial charge in [-0.3, -0.25) is 4.18 Å². The second kappa shape index (κ2) is 10.8. The molecule has 0 aromatic rings. The first-order valence-corrected chi connectivity index (χ1v) is 8.65. The van der Waals surface area contributed by atoms with Crippen LogP contribution in [0, 0.1) is 0 Å². The quantitative estimate of drug-likeness (QED) is 0.440. The molecule has 0 aromatic carbocycles. The first kappa shape index (κ1) is 17.9. The average molecular weight is 279 g/mol. The molecule has 0 saturated heterocycles. The van der Waals surface area contributed by atoms with Gasteiger partial charge in [-0.15, -0.1) is 0 Å². The van der Waals surface area contributed by atoms with Crippen LogP contribution in [0.15, 0.2) is 0 Å². The predicted molar refractivity (Wildman–Crippen MR) is 75.7 cm³/mol. The maximum atomic E-state index is 11.5. The molecule has 0 bridgehead atoms. The van der Waals surface area contributed by atoms with E-state index in [-0.39, 0.29) is 6.61 Å². The van der Waals surface area contributed by atoms with Crippen LogP contribution in [0.2, 0.25) is 0 Å². The molecule has 0 heterocycles. The topological polar surface area (TPSA) is 69.4 Å². The maximum Gasteiger partial charge on any atom is 0.283 e. The molecule has 18 heavy (non-hydrogen) atoms. The molecule has 0 amide bonds. The molecule has 0 aliphatic heterocycles. The van der Waals surface area contributed by atoms with Gasteiger partial charge in [0.25, 0.3) is 10.1 Å². The van der Waals surface area contributed by atoms with Crippen LogP contribution in [0.4, 0.5) is 0 Å². The molecule has 0 aromatic heterocycles. The first-order chi connectivity index (χ1) is 8.54. The molecule has 2 N–H and O–H groups in total. The van der Waals surface area contributed by atoms with Gasteiger partial charge in [-0.25, -0.2) is 0 Å². The standard InChI is InChI=1S/C13H29NO3S/c1-3-5-6-7-8-9-10-11-13(14)18(15,16)17-12-4-2/h13H,3-12,14H2,1-2H3. The third-order valence-electron chi connectivity index (χ3n) is 2.91. The Balaban J connectivity index is 3.60. The second-order valence-electron chi connectivity index (χ2n) is 4.76. The molecular weight excluding hydrogens is 250 g/mol. The van der Waals surface area contributed by atoms with Crippen molar-refractivity contribution in [1.82, 2.24) is 0 Å². The van der Waals surface area contributed by atoms with E-state index in [1.54, 1.807) is 0 Å². The van der Waals surface area contributed by atoms with E-state index in [1.807, 2.05) is 6.92 Å². The number of rotatable bonds is 12. The molecule has 5 heteroatoms. The van der Waals surface area contributed by atoms with Crippen molar-refractivity contribution < 1.29 is 12.6 Å². The summed E-state index contributed by atoms with van der Waals surface area (Å²) in [5.41, 5.74) is 5.64. The minimum Gasteiger partial charge on any atom is -0.313 e. The van der Waals surface area contributed by atoms with Crippen LogP contribution >= 0.6 is 0 Å². The van der Waals surface area contributed by atoms with Crippen LogP contribution < -0.4 is 5.73 Å². The van der Waals surface area contributed by atoms with E-state index in [4.69, 9.17) is 9.92 Å². The highest BCUT2D eigenvalue weighted by Crippen LogP contribution is 2.12. The zero-order valence-corrected chi connectivity index (χ0v) is 12.7. The first-order valence-electron chi connectivity index (χ1n) is 7.18. The molecule has 4 nitrogen and oxygen atoms in total. The molecule has 0 fully saturated rings. The summed E-state index contributed by atoms with van der Waals surface area (Å²) in [6.07, 6.45) is 9.33. The highest BCUT2D eigenvalue weighted by molar-refractivity contribution is 7.87. The van der Waals surface area contributed by atoms with Crippen LogP contribution in [0.3, 0.4) is 0 Å². The Morgan fingerprint density at radius 3 is 2.06 bits per heavy atom. The van der Waals surface area contributed by atoms with E-state index in [0.717, 1.165) is 12.8 Å². The van der Waals surface area contributed by atoms with Gasteiger partial charge in [0, 0.05) is 0 Å². The summed E-state index contributed by atoms with van der Waals surface area (Å²) < 4.78 is 27.9. The van der Waals surface area contributed by atoms with E-state index in [0.29, 0.717) is 12.8 Å². The number of hydrogen-bond acceptors (Lipinski definition) is 4. The normalized spacial score (nSPS) is 13.7. The van der Waals surface area contributed by atoms with Crippen molar-refractivity contribution in [2.75, 3.05) is 6.61 Å². The van der Waals surface area contributed by atoms with Gasteiger partial charge in [0.05, 0.1) is 6.61 Å². The number of unbranched alkanes of at least 4 members (excludes halogenated alkanes) is 6. The average Bonchev–Trinajstić information content (AvgIpc) is 2.35. The molecule has 1 unspecified atom stereocenters. The van der Waals surface area contributed by atoms with E-state index < -0.39 is 15.5 Å². The lowest BCUT2D eigenvalue weighted by Gasteiger charge is -2.12. The van der Waals surface area contributed by atoms with Gasteiger partial charge >= 0.3 is 0 Å². The van der Waals surface area contributed by atoms with Crippen molar-refractivity contribution in [1.29, 1.82) is 0 Å². The Morgan fingerprint density at radius 1 is 0.944 bits per heavy atom. The smallest absolute Gasteiger partial charge is 0.283 e. The zero-order chi connectivity index (χ0) is 13.9. The van der Waals surface area contributed by atoms with Gasteiger partial charge in [-0.2, -0.15) is 8.42 Å². The van der Waals surface area contributed by atoms with E-state index in [1.165, 1.54) is 32.1 Å². The SMILES string of the molecule is CCCCCCCCCC(N)S(=O)(=O)OCCC. The van der Waals surface area contributed by atoms with E-state index in [2.05, 4.69) is 6.92 Å². The molecule has 110 valence electrons. The molecule has 0 saturated carbocycles. The third kappa shape index (κ3) is 8.89. The molecule has 0 aliphatic rings. The van der Waals surface area contributed by atoms with Gasteiger partial charge in [-0.05, 0) is 12.8 Å². The zero-order valence-electron chi connectivity index (χ0n) is 11.9. The molecule has 0 spiro atoms. The van der Waals surface area contributed by atoms with Crippen molar-refractivity contribution in [3.8, 4) is 0 Å². The van der Waals surface area contributed by atoms with Gasteiger partial charge in [0.2, 0.25) is 0 Å². The minimum atomic E-state index is -3.55. The summed E-state index contributed by atoms with van der Waals surface area (Å²) in [5.74, 6) is 0. The third-order valence-corrected chi connectivity index (χ3v) is 4.39. The molecule has 0 rings (SSSR count). The Hall–Kier alpha value is -0.130. The summed E-state index contributed by atoms with van der Waals surface area (Å²) in [7, 11) is -3.55. The van der Waals surface area contributed by atoms with Crippen LogP contribution in [-0.4, -0.2) is 20.4 Å². The van der Waals surface area contributed by atoms with Crippen LogP contribution in [0.25, 0.3) is 0 Å². The van der Waals surface area contributed by atoms with Crippen LogP contribution in [0.5, 0.6) is 0 Å². The lowest BCUT2D eigenvalue weighted by atomic mass is 10.1. The monoisotopic (exact) mass is 279 g/mol. The fourth-order valence-corrected chi connectivity index (χ4v) is 2.76. The van der Waals surface area contributed by atoms with Crippen LogP contribution in [-0.2, 0) is 14.3 Å². The van der Waals surface area contributed by atoms with Crippen molar-refractivity contribution >= 4 is 10.1 Å². The van der Waals surface area contributed by atoms with Crippen LogP contribution in [0.1, 0.15) is 71.6 Å². The van der Waals surface area contributed by atoms with Crippen molar-refractivity contribution in [2.24, 2.45) is 5.73 Å². The van der Waals surface area contributed by atoms with Gasteiger partial charge < -0.3 is 5.73 Å². The fraction of sp³-hybridized carbons (Fsp3) is 1.00. The van der Waals surface area contributed by atoms with Gasteiger partial charge in [-0.1, -0.05) is 58.8 Å². The number of hydrogen-bond donors (Lipinski definition) is 1. The summed E-state index contributed by atoms with van der Waals surface area (Å²) >= 11 is 0. The van der Waals surface area contributed by atoms with Gasteiger partial charge in [0.15, 0.2) is 0 Å². The highest BCUT2D eigenvalue weighted by Gasteiger charge is 2.21. The Morgan fingerprint density at radius 2 is 1.50 bits per heavy atom. The fourth-order valence-electron chi connectivity index (χ4n) is 1.73. The molecule has 1 atom stereocenters. The van der Waals surface area contributed by atoms with Crippen molar-refractivity contribution in [3.05, 3.63) is 0 Å². The Bertz CT molecular complexity index is 278.